The molecule has 39 heavy (non-hydrogen) atoms. The lowest BCUT2D eigenvalue weighted by atomic mass is 10.0. The fraction of sp³-hybridized carbons (Fsp3) is 0.370. The number of rotatable bonds is 4. The zero-order chi connectivity index (χ0) is 28.1. The van der Waals surface area contributed by atoms with Crippen LogP contribution < -0.4 is 10.2 Å². The van der Waals surface area contributed by atoms with Crippen molar-refractivity contribution in [1.82, 2.24) is 15.1 Å². The molecule has 9 nitrogen and oxygen atoms in total. The molecule has 204 valence electrons. The van der Waals surface area contributed by atoms with Crippen molar-refractivity contribution in [3.05, 3.63) is 64.7 Å². The van der Waals surface area contributed by atoms with Gasteiger partial charge in [-0.3, -0.25) is 34.2 Å². The lowest BCUT2D eigenvalue weighted by Crippen LogP contribution is -2.54. The van der Waals surface area contributed by atoms with Gasteiger partial charge in [0.2, 0.25) is 11.8 Å². The summed E-state index contributed by atoms with van der Waals surface area (Å²) in [6, 6.07) is 8.01. The topological polar surface area (TPSA) is 107 Å². The maximum Gasteiger partial charge on any atom is 0.416 e. The molecule has 0 radical (unpaired) electrons. The summed E-state index contributed by atoms with van der Waals surface area (Å²) in [5.74, 6) is -2.78. The van der Waals surface area contributed by atoms with Gasteiger partial charge in [0.15, 0.2) is 0 Å². The van der Waals surface area contributed by atoms with Gasteiger partial charge < -0.3 is 9.80 Å². The SMILES string of the molecule is CN(C(=O)c1cccc(C(F)(F)F)c1)C1CCN(c2ccc3c(c2)C(=O)N(C2CCC(=O)NC2=O)C3=O)CC1. The minimum absolute atomic E-state index is 0.0304. The van der Waals surface area contributed by atoms with Crippen LogP contribution in [0.1, 0.15) is 62.3 Å². The van der Waals surface area contributed by atoms with Crippen molar-refractivity contribution >= 4 is 35.2 Å². The number of fused-ring (bicyclic) bond motifs is 1. The van der Waals surface area contributed by atoms with E-state index in [2.05, 4.69) is 5.32 Å². The number of nitrogens with one attached hydrogen (secondary N) is 1. The smallest absolute Gasteiger partial charge is 0.371 e. The van der Waals surface area contributed by atoms with Gasteiger partial charge in [0.25, 0.3) is 17.7 Å². The number of piperidine rings is 2. The lowest BCUT2D eigenvalue weighted by Gasteiger charge is -2.38. The summed E-state index contributed by atoms with van der Waals surface area (Å²) in [6.07, 6.45) is -3.33. The van der Waals surface area contributed by atoms with Crippen molar-refractivity contribution in [1.29, 1.82) is 0 Å². The molecule has 2 fully saturated rings. The van der Waals surface area contributed by atoms with Gasteiger partial charge >= 0.3 is 6.18 Å². The highest BCUT2D eigenvalue weighted by Gasteiger charge is 2.45. The Bertz CT molecular complexity index is 1380. The number of imide groups is 2. The number of nitrogens with zero attached hydrogens (tertiary/aromatic N) is 3. The molecule has 2 saturated heterocycles. The van der Waals surface area contributed by atoms with E-state index in [0.717, 1.165) is 17.0 Å². The van der Waals surface area contributed by atoms with Gasteiger partial charge in [0.1, 0.15) is 6.04 Å². The number of benzene rings is 2. The van der Waals surface area contributed by atoms with E-state index in [1.54, 1.807) is 25.2 Å². The van der Waals surface area contributed by atoms with E-state index >= 15 is 0 Å². The molecule has 3 aliphatic heterocycles. The molecule has 0 aliphatic carbocycles. The van der Waals surface area contributed by atoms with Crippen LogP contribution in [0.15, 0.2) is 42.5 Å². The molecule has 2 aromatic rings. The zero-order valence-electron chi connectivity index (χ0n) is 21.0. The Labute approximate surface area is 221 Å². The fourth-order valence-electron chi connectivity index (χ4n) is 5.37. The van der Waals surface area contributed by atoms with Crippen LogP contribution in [0.3, 0.4) is 0 Å². The van der Waals surface area contributed by atoms with E-state index in [0.29, 0.717) is 31.6 Å². The average Bonchev–Trinajstić information content (AvgIpc) is 3.16. The molecule has 0 aromatic heterocycles. The highest BCUT2D eigenvalue weighted by molar-refractivity contribution is 6.23. The normalized spacial score (nSPS) is 20.3. The first-order valence-corrected chi connectivity index (χ1v) is 12.5. The van der Waals surface area contributed by atoms with Gasteiger partial charge in [-0.1, -0.05) is 6.07 Å². The predicted molar refractivity (Wildman–Crippen MR) is 132 cm³/mol. The highest BCUT2D eigenvalue weighted by atomic mass is 19.4. The Morgan fingerprint density at radius 3 is 2.31 bits per heavy atom. The summed E-state index contributed by atoms with van der Waals surface area (Å²) in [5, 5.41) is 2.17. The molecule has 1 N–H and O–H groups in total. The maximum atomic E-state index is 13.1. The quantitative estimate of drug-likeness (QED) is 0.596. The molecule has 2 aromatic carbocycles. The largest absolute Gasteiger partial charge is 0.416 e. The zero-order valence-corrected chi connectivity index (χ0v) is 21.0. The van der Waals surface area contributed by atoms with Gasteiger partial charge in [0.05, 0.1) is 16.7 Å². The van der Waals surface area contributed by atoms with Crippen molar-refractivity contribution in [3.63, 3.8) is 0 Å². The Balaban J connectivity index is 1.25. The first-order valence-electron chi connectivity index (χ1n) is 12.5. The molecular formula is C27H25F3N4O5. The number of halogens is 3. The Hall–Kier alpha value is -4.22. The van der Waals surface area contributed by atoms with Crippen molar-refractivity contribution < 1.29 is 37.1 Å². The molecule has 5 amide bonds. The van der Waals surface area contributed by atoms with Crippen LogP contribution in [0.4, 0.5) is 18.9 Å². The third kappa shape index (κ3) is 4.86. The molecule has 0 bridgehead atoms. The van der Waals surface area contributed by atoms with Crippen molar-refractivity contribution in [2.45, 2.75) is 43.9 Å². The Morgan fingerprint density at radius 2 is 1.64 bits per heavy atom. The second kappa shape index (κ2) is 9.83. The predicted octanol–water partition coefficient (Wildman–Crippen LogP) is 2.85. The van der Waals surface area contributed by atoms with Gasteiger partial charge in [-0.05, 0) is 55.7 Å². The summed E-state index contributed by atoms with van der Waals surface area (Å²) in [7, 11) is 1.58. The number of carbonyl (C=O) groups is 5. The lowest BCUT2D eigenvalue weighted by molar-refractivity contribution is -0.138. The summed E-state index contributed by atoms with van der Waals surface area (Å²) in [6.45, 7) is 1.03. The van der Waals surface area contributed by atoms with Crippen LogP contribution in [-0.4, -0.2) is 71.6 Å². The van der Waals surface area contributed by atoms with Gasteiger partial charge in [0, 0.05) is 43.9 Å². The minimum atomic E-state index is -4.54. The number of hydrogen-bond acceptors (Lipinski definition) is 6. The third-order valence-electron chi connectivity index (χ3n) is 7.56. The first kappa shape index (κ1) is 26.4. The molecule has 1 atom stereocenters. The first-order chi connectivity index (χ1) is 18.5. The van der Waals surface area contributed by atoms with Crippen molar-refractivity contribution in [2.24, 2.45) is 0 Å². The Morgan fingerprint density at radius 1 is 0.949 bits per heavy atom. The van der Waals surface area contributed by atoms with Gasteiger partial charge in [-0.15, -0.1) is 0 Å². The van der Waals surface area contributed by atoms with Crippen LogP contribution in [0.5, 0.6) is 0 Å². The number of hydrogen-bond donors (Lipinski definition) is 1. The minimum Gasteiger partial charge on any atom is -0.371 e. The highest BCUT2D eigenvalue weighted by Crippen LogP contribution is 2.33. The number of carbonyl (C=O) groups excluding carboxylic acids is 5. The summed E-state index contributed by atoms with van der Waals surface area (Å²) >= 11 is 0. The summed E-state index contributed by atoms with van der Waals surface area (Å²) < 4.78 is 39.2. The Kier molecular flexibility index (Phi) is 6.65. The second-order valence-corrected chi connectivity index (χ2v) is 9.89. The maximum absolute atomic E-state index is 13.1. The van der Waals surface area contributed by atoms with Gasteiger partial charge in [-0.25, -0.2) is 0 Å². The van der Waals surface area contributed by atoms with Gasteiger partial charge in [-0.2, -0.15) is 13.2 Å². The van der Waals surface area contributed by atoms with Crippen LogP contribution in [0.25, 0.3) is 0 Å². The van der Waals surface area contributed by atoms with Crippen LogP contribution >= 0.6 is 0 Å². The molecule has 0 spiro atoms. The van der Waals surface area contributed by atoms with Crippen LogP contribution in [0, 0.1) is 0 Å². The third-order valence-corrected chi connectivity index (χ3v) is 7.56. The second-order valence-electron chi connectivity index (χ2n) is 9.89. The number of alkyl halides is 3. The molecule has 12 heteroatoms. The molecule has 1 unspecified atom stereocenters. The van der Waals surface area contributed by atoms with E-state index in [4.69, 9.17) is 0 Å². The molecular weight excluding hydrogens is 517 g/mol. The molecule has 3 heterocycles. The van der Waals surface area contributed by atoms with Crippen molar-refractivity contribution in [3.8, 4) is 0 Å². The van der Waals surface area contributed by atoms with Crippen molar-refractivity contribution in [2.75, 3.05) is 25.0 Å². The number of amides is 5. The van der Waals surface area contributed by atoms with E-state index in [9.17, 15) is 37.1 Å². The standard InChI is InChI=1S/C27H25F3N4O5/c1-32(24(37)15-3-2-4-16(13-15)27(28,29)30)17-9-11-33(12-10-17)18-5-6-19-20(14-18)26(39)34(25(19)38)21-7-8-22(35)31-23(21)36/h2-6,13-14,17,21H,7-12H2,1H3,(H,31,35,36). The summed E-state index contributed by atoms with van der Waals surface area (Å²) in [5.41, 5.74) is 0.163. The summed E-state index contributed by atoms with van der Waals surface area (Å²) in [4.78, 5) is 67.1. The monoisotopic (exact) mass is 542 g/mol. The number of anilines is 1. The van der Waals surface area contributed by atoms with Crippen LogP contribution in [-0.2, 0) is 15.8 Å². The average molecular weight is 543 g/mol. The molecule has 0 saturated carbocycles. The van der Waals surface area contributed by atoms with E-state index < -0.39 is 47.3 Å². The fourth-order valence-corrected chi connectivity index (χ4v) is 5.37. The molecule has 3 aliphatic rings. The molecule has 5 rings (SSSR count). The van der Waals surface area contributed by atoms with E-state index in [1.165, 1.54) is 17.0 Å². The van der Waals surface area contributed by atoms with E-state index in [-0.39, 0.29) is 35.6 Å². The van der Waals surface area contributed by atoms with Crippen LogP contribution in [0.2, 0.25) is 0 Å². The van der Waals surface area contributed by atoms with E-state index in [1.807, 2.05) is 4.90 Å².